The van der Waals surface area contributed by atoms with Crippen LogP contribution >= 0.6 is 0 Å². The number of benzene rings is 2. The minimum atomic E-state index is -0.943. The van der Waals surface area contributed by atoms with Crippen molar-refractivity contribution in [3.8, 4) is 0 Å². The SMILES string of the molecule is COC(=O)[C@H](Cc1ccccc1)NC(=O)CNC(=O)/C(=C\Nc1cc(C)on1)NC(=O)c1ccccc1. The normalized spacial score (nSPS) is 11.7. The Bertz CT molecular complexity index is 1260. The maximum atomic E-state index is 12.9. The Morgan fingerprint density at radius 1 is 1.03 bits per heavy atom. The van der Waals surface area contributed by atoms with E-state index in [0.717, 1.165) is 5.56 Å². The van der Waals surface area contributed by atoms with Crippen molar-refractivity contribution in [2.24, 2.45) is 0 Å². The van der Waals surface area contributed by atoms with E-state index in [4.69, 9.17) is 9.26 Å². The van der Waals surface area contributed by atoms with Gasteiger partial charge in [0.05, 0.1) is 13.7 Å². The number of esters is 1. The van der Waals surface area contributed by atoms with Crippen LogP contribution in [0.25, 0.3) is 0 Å². The second-order valence-corrected chi connectivity index (χ2v) is 7.86. The predicted molar refractivity (Wildman–Crippen MR) is 134 cm³/mol. The van der Waals surface area contributed by atoms with E-state index in [1.165, 1.54) is 13.3 Å². The molecule has 3 aromatic rings. The molecule has 11 heteroatoms. The Morgan fingerprint density at radius 3 is 2.32 bits per heavy atom. The van der Waals surface area contributed by atoms with E-state index in [9.17, 15) is 19.2 Å². The van der Waals surface area contributed by atoms with E-state index < -0.39 is 36.3 Å². The Kier molecular flexibility index (Phi) is 9.54. The molecule has 0 aliphatic rings. The Hall–Kier alpha value is -4.93. The molecule has 0 saturated carbocycles. The number of hydrogen-bond donors (Lipinski definition) is 4. The lowest BCUT2D eigenvalue weighted by molar-refractivity contribution is -0.144. The zero-order valence-corrected chi connectivity index (χ0v) is 20.3. The first-order valence-electron chi connectivity index (χ1n) is 11.3. The molecule has 4 N–H and O–H groups in total. The highest BCUT2D eigenvalue weighted by Crippen LogP contribution is 2.08. The van der Waals surface area contributed by atoms with E-state index in [1.807, 2.05) is 30.3 Å². The van der Waals surface area contributed by atoms with Crippen LogP contribution in [0.3, 0.4) is 0 Å². The third-order valence-corrected chi connectivity index (χ3v) is 5.03. The molecule has 0 saturated heterocycles. The fourth-order valence-corrected chi connectivity index (χ4v) is 3.21. The number of hydrogen-bond acceptors (Lipinski definition) is 8. The van der Waals surface area contributed by atoms with Gasteiger partial charge in [-0.05, 0) is 24.6 Å². The van der Waals surface area contributed by atoms with Crippen molar-refractivity contribution in [3.05, 3.63) is 95.5 Å². The van der Waals surface area contributed by atoms with Crippen molar-refractivity contribution in [1.29, 1.82) is 0 Å². The summed E-state index contributed by atoms with van der Waals surface area (Å²) in [6.07, 6.45) is 1.45. The van der Waals surface area contributed by atoms with Crippen molar-refractivity contribution in [2.45, 2.75) is 19.4 Å². The summed E-state index contributed by atoms with van der Waals surface area (Å²) in [5.41, 5.74) is 0.986. The average molecular weight is 506 g/mol. The zero-order chi connectivity index (χ0) is 26.6. The molecule has 0 aliphatic carbocycles. The number of nitrogens with zero attached hydrogens (tertiary/aromatic N) is 1. The molecule has 11 nitrogen and oxygen atoms in total. The van der Waals surface area contributed by atoms with Crippen molar-refractivity contribution >= 4 is 29.5 Å². The number of ether oxygens (including phenoxy) is 1. The standard InChI is InChI=1S/C26H27N5O6/c1-17-13-22(31-37-17)27-15-21(30-24(33)19-11-7-4-8-12-19)25(34)28-16-23(32)29-20(26(35)36-2)14-18-9-5-3-6-10-18/h3-13,15,20H,14,16H2,1-2H3,(H,27,31)(H,28,34)(H,29,32)(H,30,33)/b21-15+/t20-/m0/s1. The Labute approximate surface area is 213 Å². The van der Waals surface area contributed by atoms with Gasteiger partial charge in [0, 0.05) is 24.3 Å². The summed E-state index contributed by atoms with van der Waals surface area (Å²) < 4.78 is 9.77. The Morgan fingerprint density at radius 2 is 1.70 bits per heavy atom. The highest BCUT2D eigenvalue weighted by Gasteiger charge is 2.23. The van der Waals surface area contributed by atoms with Crippen LogP contribution < -0.4 is 21.3 Å². The molecule has 3 amide bonds. The van der Waals surface area contributed by atoms with Gasteiger partial charge >= 0.3 is 5.97 Å². The largest absolute Gasteiger partial charge is 0.467 e. The predicted octanol–water partition coefficient (Wildman–Crippen LogP) is 1.68. The minimum absolute atomic E-state index is 0.170. The van der Waals surface area contributed by atoms with Crippen molar-refractivity contribution in [1.82, 2.24) is 21.1 Å². The molecule has 0 radical (unpaired) electrons. The lowest BCUT2D eigenvalue weighted by atomic mass is 10.1. The van der Waals surface area contributed by atoms with Crippen LogP contribution in [0.2, 0.25) is 0 Å². The van der Waals surface area contributed by atoms with Gasteiger partial charge in [-0.1, -0.05) is 53.7 Å². The van der Waals surface area contributed by atoms with Crippen molar-refractivity contribution < 1.29 is 28.4 Å². The number of aryl methyl sites for hydroxylation is 1. The topological polar surface area (TPSA) is 152 Å². The second-order valence-electron chi connectivity index (χ2n) is 7.86. The van der Waals surface area contributed by atoms with Crippen LogP contribution in [0.1, 0.15) is 21.7 Å². The fourth-order valence-electron chi connectivity index (χ4n) is 3.21. The number of carbonyl (C=O) groups is 4. The number of carbonyl (C=O) groups excluding carboxylic acids is 4. The van der Waals surface area contributed by atoms with Gasteiger partial charge in [0.2, 0.25) is 5.91 Å². The molecular weight excluding hydrogens is 478 g/mol. The maximum Gasteiger partial charge on any atom is 0.328 e. The fraction of sp³-hybridized carbons (Fsp3) is 0.192. The Balaban J connectivity index is 1.65. The van der Waals surface area contributed by atoms with E-state index in [1.54, 1.807) is 43.3 Å². The maximum absolute atomic E-state index is 12.9. The number of aromatic nitrogens is 1. The molecule has 0 aliphatic heterocycles. The van der Waals surface area contributed by atoms with E-state index in [2.05, 4.69) is 26.4 Å². The van der Waals surface area contributed by atoms with E-state index >= 15 is 0 Å². The molecule has 0 unspecified atom stereocenters. The van der Waals surface area contributed by atoms with Gasteiger partial charge in [-0.15, -0.1) is 0 Å². The third-order valence-electron chi connectivity index (χ3n) is 5.03. The molecule has 37 heavy (non-hydrogen) atoms. The highest BCUT2D eigenvalue weighted by atomic mass is 16.5. The first kappa shape index (κ1) is 26.7. The van der Waals surface area contributed by atoms with Crippen LogP contribution in [0.4, 0.5) is 5.82 Å². The number of amides is 3. The van der Waals surface area contributed by atoms with Crippen molar-refractivity contribution in [3.63, 3.8) is 0 Å². The van der Waals surface area contributed by atoms with E-state index in [0.29, 0.717) is 17.1 Å². The summed E-state index contributed by atoms with van der Waals surface area (Å²) in [5, 5.41) is 14.1. The highest BCUT2D eigenvalue weighted by molar-refractivity contribution is 6.03. The van der Waals surface area contributed by atoms with Crippen LogP contribution in [-0.2, 0) is 25.5 Å². The van der Waals surface area contributed by atoms with Gasteiger partial charge in [0.15, 0.2) is 5.82 Å². The summed E-state index contributed by atoms with van der Waals surface area (Å²) in [6.45, 7) is 1.24. The second kappa shape index (κ2) is 13.2. The minimum Gasteiger partial charge on any atom is -0.467 e. The lowest BCUT2D eigenvalue weighted by Crippen LogP contribution is -2.47. The third kappa shape index (κ3) is 8.35. The van der Waals surface area contributed by atoms with Crippen molar-refractivity contribution in [2.75, 3.05) is 19.0 Å². The summed E-state index contributed by atoms with van der Waals surface area (Å²) in [4.78, 5) is 50.2. The van der Waals surface area contributed by atoms with Gasteiger partial charge in [0.1, 0.15) is 17.5 Å². The van der Waals surface area contributed by atoms with Crippen LogP contribution in [0.15, 0.2) is 83.2 Å². The smallest absolute Gasteiger partial charge is 0.328 e. The molecule has 2 aromatic carbocycles. The zero-order valence-electron chi connectivity index (χ0n) is 20.3. The number of nitrogens with one attached hydrogen (secondary N) is 4. The molecule has 192 valence electrons. The molecule has 1 aromatic heterocycles. The van der Waals surface area contributed by atoms with Crippen LogP contribution in [0, 0.1) is 6.92 Å². The van der Waals surface area contributed by atoms with Gasteiger partial charge in [0.25, 0.3) is 11.8 Å². The molecule has 1 heterocycles. The number of anilines is 1. The number of methoxy groups -OCH3 is 1. The first-order chi connectivity index (χ1) is 17.9. The van der Waals surface area contributed by atoms with Gasteiger partial charge in [-0.25, -0.2) is 4.79 Å². The van der Waals surface area contributed by atoms with Crippen LogP contribution in [-0.4, -0.2) is 48.5 Å². The van der Waals surface area contributed by atoms with Gasteiger partial charge in [-0.2, -0.15) is 0 Å². The van der Waals surface area contributed by atoms with Gasteiger partial charge in [-0.3, -0.25) is 14.4 Å². The van der Waals surface area contributed by atoms with Gasteiger partial charge < -0.3 is 30.5 Å². The summed E-state index contributed by atoms with van der Waals surface area (Å²) in [5.74, 6) is -1.65. The molecule has 3 rings (SSSR count). The van der Waals surface area contributed by atoms with Crippen LogP contribution in [0.5, 0.6) is 0 Å². The lowest BCUT2D eigenvalue weighted by Gasteiger charge is -2.17. The summed E-state index contributed by atoms with van der Waals surface area (Å²) in [6, 6.07) is 18.1. The average Bonchev–Trinajstić information content (AvgIpc) is 3.34. The molecular formula is C26H27N5O6. The molecule has 0 fully saturated rings. The molecule has 0 spiro atoms. The number of rotatable bonds is 11. The quantitative estimate of drug-likeness (QED) is 0.227. The first-order valence-corrected chi connectivity index (χ1v) is 11.3. The molecule has 1 atom stereocenters. The summed E-state index contributed by atoms with van der Waals surface area (Å²) in [7, 11) is 1.23. The monoisotopic (exact) mass is 505 g/mol. The van der Waals surface area contributed by atoms with E-state index in [-0.39, 0.29) is 12.1 Å². The summed E-state index contributed by atoms with van der Waals surface area (Å²) >= 11 is 0. The molecule has 0 bridgehead atoms.